The molecule has 0 radical (unpaired) electrons. The van der Waals surface area contributed by atoms with E-state index in [1.165, 1.54) is 19.2 Å². The van der Waals surface area contributed by atoms with Gasteiger partial charge in [-0.15, -0.1) is 13.2 Å². The van der Waals surface area contributed by atoms with Gasteiger partial charge in [-0.3, -0.25) is 9.78 Å². The minimum atomic E-state index is -4.96. The van der Waals surface area contributed by atoms with Crippen molar-refractivity contribution in [2.75, 3.05) is 18.4 Å². The number of amides is 1. The topological polar surface area (TPSA) is 63.2 Å². The van der Waals surface area contributed by atoms with Crippen LogP contribution in [0, 0.1) is 11.7 Å². The van der Waals surface area contributed by atoms with Gasteiger partial charge in [-0.2, -0.15) is 0 Å². The van der Waals surface area contributed by atoms with Crippen LogP contribution in [-0.4, -0.2) is 30.3 Å². The molecule has 1 aromatic heterocycles. The molecule has 146 valence electrons. The van der Waals surface area contributed by atoms with Crippen LogP contribution in [-0.2, 0) is 4.79 Å². The minimum absolute atomic E-state index is 0.104. The number of rotatable bonds is 7. The first-order chi connectivity index (χ1) is 12.6. The Kier molecular flexibility index (Phi) is 6.59. The van der Waals surface area contributed by atoms with Crippen molar-refractivity contribution in [1.82, 2.24) is 10.3 Å². The fourth-order valence-corrected chi connectivity index (χ4v) is 2.25. The third-order valence-corrected chi connectivity index (χ3v) is 3.57. The zero-order chi connectivity index (χ0) is 20.0. The molecule has 9 heteroatoms. The number of carbonyl (C=O) groups is 1. The fourth-order valence-electron chi connectivity index (χ4n) is 2.25. The Hall–Kier alpha value is -2.84. The van der Waals surface area contributed by atoms with Crippen LogP contribution in [0.5, 0.6) is 5.75 Å². The number of carbonyl (C=O) groups excluding carboxylic acids is 1. The van der Waals surface area contributed by atoms with Gasteiger partial charge in [0.2, 0.25) is 5.91 Å². The normalized spacial score (nSPS) is 12.4. The Balaban J connectivity index is 2.06. The van der Waals surface area contributed by atoms with E-state index in [0.717, 1.165) is 12.1 Å². The van der Waals surface area contributed by atoms with Crippen LogP contribution in [0.25, 0.3) is 11.3 Å². The van der Waals surface area contributed by atoms with Crippen LogP contribution in [0.3, 0.4) is 0 Å². The summed E-state index contributed by atoms with van der Waals surface area (Å²) in [6, 6.07) is 6.52. The van der Waals surface area contributed by atoms with E-state index in [2.05, 4.69) is 20.4 Å². The summed E-state index contributed by atoms with van der Waals surface area (Å²) >= 11 is 0. The van der Waals surface area contributed by atoms with E-state index in [1.54, 1.807) is 12.1 Å². The van der Waals surface area contributed by atoms with E-state index < -0.39 is 17.9 Å². The van der Waals surface area contributed by atoms with E-state index in [9.17, 15) is 22.4 Å². The number of benzene rings is 1. The highest BCUT2D eigenvalue weighted by Gasteiger charge is 2.32. The van der Waals surface area contributed by atoms with Crippen molar-refractivity contribution in [3.63, 3.8) is 0 Å². The number of hydrogen-bond acceptors (Lipinski definition) is 4. The molecule has 1 atom stereocenters. The second-order valence-corrected chi connectivity index (χ2v) is 6.05. The SMILES string of the molecule is CC(=O)NCC(C)CNc1ccnc(-c2ccc(OC(F)(F)F)c(F)c2)c1. The highest BCUT2D eigenvalue weighted by Crippen LogP contribution is 2.29. The molecular weight excluding hydrogens is 366 g/mol. The molecule has 0 saturated carbocycles. The monoisotopic (exact) mass is 385 g/mol. The van der Waals surface area contributed by atoms with Gasteiger partial charge >= 0.3 is 6.36 Å². The van der Waals surface area contributed by atoms with Gasteiger partial charge in [0, 0.05) is 37.5 Å². The quantitative estimate of drug-likeness (QED) is 0.708. The van der Waals surface area contributed by atoms with E-state index in [4.69, 9.17) is 0 Å². The molecule has 1 aromatic carbocycles. The third-order valence-electron chi connectivity index (χ3n) is 3.57. The molecular formula is C18H19F4N3O2. The number of pyridine rings is 1. The molecule has 0 aliphatic heterocycles. The Bertz CT molecular complexity index is 796. The molecule has 0 bridgehead atoms. The fraction of sp³-hybridized carbons (Fsp3) is 0.333. The van der Waals surface area contributed by atoms with Gasteiger partial charge in [0.05, 0.1) is 5.69 Å². The average molecular weight is 385 g/mol. The molecule has 2 aromatic rings. The van der Waals surface area contributed by atoms with Crippen molar-refractivity contribution in [3.05, 3.63) is 42.3 Å². The average Bonchev–Trinajstić information content (AvgIpc) is 2.59. The predicted octanol–water partition coefficient (Wildman–Crippen LogP) is 3.97. The smallest absolute Gasteiger partial charge is 0.403 e. The van der Waals surface area contributed by atoms with E-state index in [0.29, 0.717) is 30.0 Å². The largest absolute Gasteiger partial charge is 0.573 e. The molecule has 0 saturated heterocycles. The van der Waals surface area contributed by atoms with Gasteiger partial charge in [0.15, 0.2) is 11.6 Å². The molecule has 27 heavy (non-hydrogen) atoms. The maximum Gasteiger partial charge on any atom is 0.573 e. The number of nitrogens with one attached hydrogen (secondary N) is 2. The first kappa shape index (κ1) is 20.5. The Morgan fingerprint density at radius 1 is 1.22 bits per heavy atom. The predicted molar refractivity (Wildman–Crippen MR) is 92.7 cm³/mol. The number of alkyl halides is 3. The third kappa shape index (κ3) is 6.76. The Labute approximate surface area is 153 Å². The van der Waals surface area contributed by atoms with E-state index in [-0.39, 0.29) is 11.8 Å². The van der Waals surface area contributed by atoms with Crippen LogP contribution < -0.4 is 15.4 Å². The lowest BCUT2D eigenvalue weighted by molar-refractivity contribution is -0.275. The minimum Gasteiger partial charge on any atom is -0.403 e. The standard InChI is InChI=1S/C18H19F4N3O2/c1-11(9-24-12(2)26)10-25-14-5-6-23-16(8-14)13-3-4-17(15(19)7-13)27-18(20,21)22/h3-8,11H,9-10H2,1-2H3,(H,23,25)(H,24,26). The number of anilines is 1. The Morgan fingerprint density at radius 2 is 1.96 bits per heavy atom. The number of hydrogen-bond donors (Lipinski definition) is 2. The van der Waals surface area contributed by atoms with Gasteiger partial charge in [0.25, 0.3) is 0 Å². The van der Waals surface area contributed by atoms with E-state index in [1.807, 2.05) is 6.92 Å². The lowest BCUT2D eigenvalue weighted by atomic mass is 10.1. The molecule has 5 nitrogen and oxygen atoms in total. The molecule has 2 N–H and O–H groups in total. The first-order valence-electron chi connectivity index (χ1n) is 8.14. The molecule has 0 aliphatic rings. The highest BCUT2D eigenvalue weighted by molar-refractivity contribution is 5.72. The summed E-state index contributed by atoms with van der Waals surface area (Å²) in [4.78, 5) is 15.0. The van der Waals surface area contributed by atoms with Gasteiger partial charge in [-0.25, -0.2) is 4.39 Å². The Morgan fingerprint density at radius 3 is 2.59 bits per heavy atom. The molecule has 0 spiro atoms. The molecule has 2 rings (SSSR count). The van der Waals surface area contributed by atoms with Crippen molar-refractivity contribution in [3.8, 4) is 17.0 Å². The number of nitrogens with zero attached hydrogens (tertiary/aromatic N) is 1. The molecule has 1 unspecified atom stereocenters. The van der Waals surface area contributed by atoms with Crippen LogP contribution in [0.4, 0.5) is 23.2 Å². The van der Waals surface area contributed by atoms with Crippen LogP contribution >= 0.6 is 0 Å². The van der Waals surface area contributed by atoms with Crippen LogP contribution in [0.15, 0.2) is 36.5 Å². The maximum atomic E-state index is 13.9. The molecule has 0 fully saturated rings. The van der Waals surface area contributed by atoms with Gasteiger partial charge in [0.1, 0.15) is 0 Å². The van der Waals surface area contributed by atoms with Crippen molar-refractivity contribution in [1.29, 1.82) is 0 Å². The van der Waals surface area contributed by atoms with Gasteiger partial charge in [-0.1, -0.05) is 6.92 Å². The number of aromatic nitrogens is 1. The van der Waals surface area contributed by atoms with Crippen molar-refractivity contribution >= 4 is 11.6 Å². The summed E-state index contributed by atoms with van der Waals surface area (Å²) < 4.78 is 54.1. The van der Waals surface area contributed by atoms with Crippen LogP contribution in [0.2, 0.25) is 0 Å². The van der Waals surface area contributed by atoms with Crippen molar-refractivity contribution in [2.45, 2.75) is 20.2 Å². The first-order valence-corrected chi connectivity index (χ1v) is 8.14. The van der Waals surface area contributed by atoms with Gasteiger partial charge in [-0.05, 0) is 36.2 Å². The summed E-state index contributed by atoms with van der Waals surface area (Å²) in [6.07, 6.45) is -3.45. The maximum absolute atomic E-state index is 13.9. The zero-order valence-corrected chi connectivity index (χ0v) is 14.7. The number of halogens is 4. The summed E-state index contributed by atoms with van der Waals surface area (Å²) in [6.45, 7) is 4.50. The summed E-state index contributed by atoms with van der Waals surface area (Å²) in [5, 5.41) is 5.90. The molecule has 0 aliphatic carbocycles. The lowest BCUT2D eigenvalue weighted by Gasteiger charge is -2.14. The molecule has 1 amide bonds. The number of ether oxygens (including phenoxy) is 1. The van der Waals surface area contributed by atoms with Crippen molar-refractivity contribution in [2.24, 2.45) is 5.92 Å². The highest BCUT2D eigenvalue weighted by atomic mass is 19.4. The van der Waals surface area contributed by atoms with Crippen LogP contribution in [0.1, 0.15) is 13.8 Å². The summed E-state index contributed by atoms with van der Waals surface area (Å²) in [5.41, 5.74) is 1.43. The second-order valence-electron chi connectivity index (χ2n) is 6.05. The zero-order valence-electron chi connectivity index (χ0n) is 14.7. The lowest BCUT2D eigenvalue weighted by Crippen LogP contribution is -2.29. The second kappa shape index (κ2) is 8.70. The van der Waals surface area contributed by atoms with Gasteiger partial charge < -0.3 is 15.4 Å². The summed E-state index contributed by atoms with van der Waals surface area (Å²) in [7, 11) is 0. The molecule has 1 heterocycles. The van der Waals surface area contributed by atoms with Crippen molar-refractivity contribution < 1.29 is 27.1 Å². The summed E-state index contributed by atoms with van der Waals surface area (Å²) in [5.74, 6) is -1.96. The van der Waals surface area contributed by atoms with E-state index >= 15 is 0 Å².